The highest BCUT2D eigenvalue weighted by Crippen LogP contribution is 2.48. The van der Waals surface area contributed by atoms with Crippen LogP contribution in [0.25, 0.3) is 6.08 Å². The highest BCUT2D eigenvalue weighted by Gasteiger charge is 2.48. The number of amides is 2. The van der Waals surface area contributed by atoms with Crippen LogP contribution >= 0.6 is 0 Å². The summed E-state index contributed by atoms with van der Waals surface area (Å²) in [5.74, 6) is -4.19. The first-order valence-corrected chi connectivity index (χ1v) is 15.7. The van der Waals surface area contributed by atoms with E-state index in [0.29, 0.717) is 30.6 Å². The lowest BCUT2D eigenvalue weighted by atomic mass is 9.88. The molecule has 3 aromatic rings. The van der Waals surface area contributed by atoms with Crippen LogP contribution in [0.4, 0.5) is 5.69 Å². The summed E-state index contributed by atoms with van der Waals surface area (Å²) < 4.78 is 11.1. The molecule has 258 valence electrons. The van der Waals surface area contributed by atoms with E-state index >= 15 is 0 Å². The van der Waals surface area contributed by atoms with Crippen LogP contribution in [0.5, 0.6) is 17.2 Å². The average molecular weight is 677 g/mol. The van der Waals surface area contributed by atoms with Gasteiger partial charge in [0.2, 0.25) is 6.29 Å². The maximum Gasteiger partial charge on any atom is 0.327 e. The van der Waals surface area contributed by atoms with Crippen LogP contribution in [-0.4, -0.2) is 115 Å². The standard InChI is InChI=1S/C35H36N2O12/c38-17-27-30(42)31(43)32(44)35(49-27)48-26-16-23-21(15-25(26)40)20(9-6-18-4-2-1-3-5-18)29(34(46)47)37(23)28(41)11-8-19-7-10-24(39)22(14-19)33(45)36-12-13-36/h1-5,7-8,10-11,14-16,20,27,29-32,35,38-40,42-44H,6,9,12-13,17H2,(H,46,47). The Hall–Kier alpha value is -4.99. The Morgan fingerprint density at radius 1 is 0.918 bits per heavy atom. The summed E-state index contributed by atoms with van der Waals surface area (Å²) in [6.45, 7) is 0.434. The summed E-state index contributed by atoms with van der Waals surface area (Å²) in [6.07, 6.45) is -4.88. The molecule has 49 heavy (non-hydrogen) atoms. The fraction of sp³-hybridized carbons (Fsp3) is 0.343. The van der Waals surface area contributed by atoms with Gasteiger partial charge in [-0.15, -0.1) is 0 Å². The zero-order chi connectivity index (χ0) is 35.0. The molecule has 3 aromatic carbocycles. The number of benzene rings is 3. The van der Waals surface area contributed by atoms with Gasteiger partial charge in [0, 0.05) is 31.1 Å². The van der Waals surface area contributed by atoms with Gasteiger partial charge in [0.05, 0.1) is 17.9 Å². The number of carbonyl (C=O) groups is 3. The summed E-state index contributed by atoms with van der Waals surface area (Å²) in [4.78, 5) is 41.9. The average Bonchev–Trinajstić information content (AvgIpc) is 3.90. The van der Waals surface area contributed by atoms with Crippen LogP contribution in [0.1, 0.15) is 39.4 Å². The number of aliphatic hydroxyl groups is 4. The maximum absolute atomic E-state index is 13.9. The van der Waals surface area contributed by atoms with Crippen molar-refractivity contribution in [2.45, 2.75) is 55.5 Å². The lowest BCUT2D eigenvalue weighted by molar-refractivity contribution is -0.277. The zero-order valence-corrected chi connectivity index (χ0v) is 26.1. The normalized spacial score (nSPS) is 26.1. The molecule has 0 radical (unpaired) electrons. The molecule has 0 aliphatic carbocycles. The molecule has 2 fully saturated rings. The fourth-order valence-corrected chi connectivity index (χ4v) is 6.28. The number of fused-ring (bicyclic) bond motifs is 1. The molecule has 2 saturated heterocycles. The van der Waals surface area contributed by atoms with Gasteiger partial charge >= 0.3 is 5.97 Å². The van der Waals surface area contributed by atoms with E-state index in [1.807, 2.05) is 30.3 Å². The van der Waals surface area contributed by atoms with Gasteiger partial charge in [-0.2, -0.15) is 0 Å². The summed E-state index contributed by atoms with van der Waals surface area (Å²) in [6, 6.07) is 14.7. The number of rotatable bonds is 10. The summed E-state index contributed by atoms with van der Waals surface area (Å²) in [5.41, 5.74) is 1.85. The molecule has 2 amide bonds. The molecule has 3 aliphatic rings. The zero-order valence-electron chi connectivity index (χ0n) is 26.1. The maximum atomic E-state index is 13.9. The van der Waals surface area contributed by atoms with E-state index in [-0.39, 0.29) is 35.1 Å². The predicted octanol–water partition coefficient (Wildman–Crippen LogP) is 0.962. The van der Waals surface area contributed by atoms with Gasteiger partial charge in [0.15, 0.2) is 11.5 Å². The number of anilines is 1. The molecule has 3 heterocycles. The van der Waals surface area contributed by atoms with E-state index < -0.39 is 66.9 Å². The molecule has 3 aliphatic heterocycles. The number of aromatic hydroxyl groups is 2. The van der Waals surface area contributed by atoms with Crippen LogP contribution < -0.4 is 9.64 Å². The number of ether oxygens (including phenoxy) is 2. The van der Waals surface area contributed by atoms with Crippen molar-refractivity contribution in [2.24, 2.45) is 0 Å². The second-order valence-corrected chi connectivity index (χ2v) is 12.2. The smallest absolute Gasteiger partial charge is 0.327 e. The summed E-state index contributed by atoms with van der Waals surface area (Å²) in [7, 11) is 0. The number of carboxylic acid groups (broad SMARTS) is 1. The number of aryl methyl sites for hydroxylation is 1. The third kappa shape index (κ3) is 6.82. The first-order chi connectivity index (χ1) is 23.5. The molecule has 14 heteroatoms. The van der Waals surface area contributed by atoms with Gasteiger partial charge in [-0.05, 0) is 53.8 Å². The highest BCUT2D eigenvalue weighted by molar-refractivity contribution is 6.10. The number of hydrogen-bond acceptors (Lipinski definition) is 11. The van der Waals surface area contributed by atoms with Crippen molar-refractivity contribution in [1.29, 1.82) is 0 Å². The van der Waals surface area contributed by atoms with E-state index in [4.69, 9.17) is 9.47 Å². The molecule has 7 unspecified atom stereocenters. The SMILES string of the molecule is O=C(O)C1C(CCc2ccccc2)c2cc(O)c(OC3OC(CO)C(O)C(O)C3O)cc2N1C(=O)C=Cc1ccc(O)c(C(=O)N2CC2)c1. The lowest BCUT2D eigenvalue weighted by Crippen LogP contribution is -2.60. The van der Waals surface area contributed by atoms with Crippen LogP contribution in [0, 0.1) is 0 Å². The molecular weight excluding hydrogens is 640 g/mol. The number of carbonyl (C=O) groups excluding carboxylic acids is 2. The Balaban J connectivity index is 1.35. The molecular formula is C35H36N2O12. The predicted molar refractivity (Wildman–Crippen MR) is 172 cm³/mol. The number of hydrogen-bond donors (Lipinski definition) is 7. The van der Waals surface area contributed by atoms with Crippen LogP contribution in [0.3, 0.4) is 0 Å². The molecule has 0 aromatic heterocycles. The number of phenolic OH excluding ortho intramolecular Hbond substituents is 2. The minimum atomic E-state index is -1.80. The monoisotopic (exact) mass is 676 g/mol. The topological polar surface area (TPSA) is 218 Å². The molecule has 7 atom stereocenters. The quantitative estimate of drug-likeness (QED) is 0.118. The van der Waals surface area contributed by atoms with Crippen molar-refractivity contribution in [2.75, 3.05) is 24.6 Å². The molecule has 6 rings (SSSR count). The minimum absolute atomic E-state index is 0.0634. The Kier molecular flexibility index (Phi) is 9.59. The van der Waals surface area contributed by atoms with Gasteiger partial charge in [-0.25, -0.2) is 4.79 Å². The van der Waals surface area contributed by atoms with E-state index in [1.165, 1.54) is 41.3 Å². The Morgan fingerprint density at radius 3 is 2.33 bits per heavy atom. The van der Waals surface area contributed by atoms with Crippen molar-refractivity contribution in [3.05, 3.63) is 89.0 Å². The van der Waals surface area contributed by atoms with Gasteiger partial charge in [0.1, 0.15) is 36.2 Å². The number of nitrogens with zero attached hydrogens (tertiary/aromatic N) is 2. The highest BCUT2D eigenvalue weighted by atomic mass is 16.7. The Morgan fingerprint density at radius 2 is 1.65 bits per heavy atom. The number of phenols is 2. The molecule has 0 saturated carbocycles. The van der Waals surface area contributed by atoms with E-state index in [1.54, 1.807) is 0 Å². The van der Waals surface area contributed by atoms with Crippen LogP contribution in [0.2, 0.25) is 0 Å². The van der Waals surface area contributed by atoms with Gasteiger partial charge < -0.3 is 50.1 Å². The van der Waals surface area contributed by atoms with Gasteiger partial charge in [-0.3, -0.25) is 14.5 Å². The van der Waals surface area contributed by atoms with Crippen molar-refractivity contribution >= 4 is 29.5 Å². The van der Waals surface area contributed by atoms with Crippen molar-refractivity contribution in [3.8, 4) is 17.2 Å². The van der Waals surface area contributed by atoms with E-state index in [0.717, 1.165) is 16.5 Å². The van der Waals surface area contributed by atoms with Crippen molar-refractivity contribution in [3.63, 3.8) is 0 Å². The Bertz CT molecular complexity index is 1760. The summed E-state index contributed by atoms with van der Waals surface area (Å²) in [5, 5.41) is 72.2. The Labute approximate surface area is 280 Å². The van der Waals surface area contributed by atoms with Gasteiger partial charge in [0.25, 0.3) is 11.8 Å². The number of carboxylic acids is 1. The molecule has 0 spiro atoms. The first-order valence-electron chi connectivity index (χ1n) is 15.7. The minimum Gasteiger partial charge on any atom is -0.507 e. The summed E-state index contributed by atoms with van der Waals surface area (Å²) >= 11 is 0. The number of aliphatic carboxylic acids is 1. The second kappa shape index (κ2) is 13.9. The third-order valence-corrected chi connectivity index (χ3v) is 9.00. The third-order valence-electron chi connectivity index (χ3n) is 9.00. The largest absolute Gasteiger partial charge is 0.507 e. The number of aliphatic hydroxyl groups excluding tert-OH is 4. The first kappa shape index (κ1) is 33.9. The fourth-order valence-electron chi connectivity index (χ4n) is 6.28. The molecule has 7 N–H and O–H groups in total. The molecule has 0 bridgehead atoms. The van der Waals surface area contributed by atoms with Crippen molar-refractivity contribution < 1.29 is 59.6 Å². The van der Waals surface area contributed by atoms with Crippen LogP contribution in [-0.2, 0) is 20.7 Å². The van der Waals surface area contributed by atoms with Crippen molar-refractivity contribution in [1.82, 2.24) is 4.90 Å². The van der Waals surface area contributed by atoms with Crippen LogP contribution in [0.15, 0.2) is 66.7 Å². The lowest BCUT2D eigenvalue weighted by Gasteiger charge is -2.39. The van der Waals surface area contributed by atoms with E-state index in [2.05, 4.69) is 0 Å². The molecule has 14 nitrogen and oxygen atoms in total. The second-order valence-electron chi connectivity index (χ2n) is 12.2. The van der Waals surface area contributed by atoms with Gasteiger partial charge in [-0.1, -0.05) is 36.4 Å². The van der Waals surface area contributed by atoms with E-state index in [9.17, 15) is 50.1 Å².